The highest BCUT2D eigenvalue weighted by molar-refractivity contribution is 9.10. The average molecular weight is 296 g/mol. The van der Waals surface area contributed by atoms with Gasteiger partial charge in [-0.2, -0.15) is 0 Å². The summed E-state index contributed by atoms with van der Waals surface area (Å²) in [4.78, 5) is 12.4. The summed E-state index contributed by atoms with van der Waals surface area (Å²) >= 11 is 3.39. The Morgan fingerprint density at radius 1 is 1.35 bits per heavy atom. The van der Waals surface area contributed by atoms with Crippen molar-refractivity contribution in [2.45, 2.75) is 37.3 Å². The van der Waals surface area contributed by atoms with Crippen molar-refractivity contribution >= 4 is 21.7 Å². The first kappa shape index (κ1) is 11.2. The van der Waals surface area contributed by atoms with Crippen LogP contribution in [0.5, 0.6) is 5.75 Å². The van der Waals surface area contributed by atoms with E-state index in [4.69, 9.17) is 10.5 Å². The Hall–Kier alpha value is -0.870. The van der Waals surface area contributed by atoms with E-state index in [2.05, 4.69) is 15.9 Å². The number of nitrogens with two attached hydrogens (primary N) is 1. The van der Waals surface area contributed by atoms with Gasteiger partial charge in [0, 0.05) is 10.5 Å². The minimum absolute atomic E-state index is 0.126. The fourth-order valence-corrected chi connectivity index (χ4v) is 3.07. The molecule has 90 valence electrons. The van der Waals surface area contributed by atoms with E-state index >= 15 is 0 Å². The van der Waals surface area contributed by atoms with Crippen LogP contribution in [-0.2, 0) is 0 Å². The van der Waals surface area contributed by atoms with E-state index in [0.717, 1.165) is 30.2 Å². The van der Waals surface area contributed by atoms with Crippen LogP contribution in [0, 0.1) is 0 Å². The molecular weight excluding hydrogens is 282 g/mol. The lowest BCUT2D eigenvalue weighted by atomic mass is 9.79. The molecule has 0 amide bonds. The maximum absolute atomic E-state index is 12.4. The summed E-state index contributed by atoms with van der Waals surface area (Å²) in [6.45, 7) is 0. The molecule has 1 aliphatic heterocycles. The lowest BCUT2D eigenvalue weighted by Gasteiger charge is -2.33. The summed E-state index contributed by atoms with van der Waals surface area (Å²) in [5, 5.41) is 0. The van der Waals surface area contributed by atoms with Crippen molar-refractivity contribution in [3.05, 3.63) is 28.2 Å². The van der Waals surface area contributed by atoms with Gasteiger partial charge in [0.25, 0.3) is 0 Å². The summed E-state index contributed by atoms with van der Waals surface area (Å²) in [5.74, 6) is 0.842. The van der Waals surface area contributed by atoms with Crippen LogP contribution in [0.1, 0.15) is 36.0 Å². The van der Waals surface area contributed by atoms with Gasteiger partial charge in [-0.05, 0) is 43.9 Å². The number of carbonyl (C=O) groups is 1. The Morgan fingerprint density at radius 2 is 2.06 bits per heavy atom. The van der Waals surface area contributed by atoms with Crippen molar-refractivity contribution in [1.82, 2.24) is 0 Å². The van der Waals surface area contributed by atoms with Crippen LogP contribution >= 0.6 is 15.9 Å². The molecule has 0 atom stereocenters. The third-order valence-corrected chi connectivity index (χ3v) is 4.24. The van der Waals surface area contributed by atoms with Gasteiger partial charge in [0.1, 0.15) is 5.75 Å². The van der Waals surface area contributed by atoms with Gasteiger partial charge in [-0.15, -0.1) is 0 Å². The number of Topliss-reactive ketones (excluding diaryl/α,β-unsaturated/α-hetero) is 1. The van der Waals surface area contributed by atoms with E-state index in [0.29, 0.717) is 11.3 Å². The standard InChI is InChI=1S/C13H14BrNO2/c14-8-1-2-11-10(7-8)12(16)13(17-11)5-3-9(15)4-6-13/h1-2,7,9H,3-6,15H2. The first-order chi connectivity index (χ1) is 8.11. The molecule has 1 aromatic carbocycles. The van der Waals surface area contributed by atoms with Gasteiger partial charge in [-0.3, -0.25) is 4.79 Å². The number of carbonyl (C=O) groups excluding carboxylic acids is 1. The van der Waals surface area contributed by atoms with Crippen LogP contribution in [0.4, 0.5) is 0 Å². The van der Waals surface area contributed by atoms with Crippen LogP contribution < -0.4 is 10.5 Å². The molecule has 4 heteroatoms. The third kappa shape index (κ3) is 1.70. The molecule has 17 heavy (non-hydrogen) atoms. The van der Waals surface area contributed by atoms with Crippen molar-refractivity contribution in [2.24, 2.45) is 5.73 Å². The topological polar surface area (TPSA) is 52.3 Å². The number of rotatable bonds is 0. The Labute approximate surface area is 108 Å². The molecule has 1 spiro atoms. The summed E-state index contributed by atoms with van der Waals surface area (Å²) in [7, 11) is 0. The SMILES string of the molecule is NC1CCC2(CC1)Oc1ccc(Br)cc1C2=O. The predicted molar refractivity (Wildman–Crippen MR) is 68.3 cm³/mol. The van der Waals surface area contributed by atoms with Gasteiger partial charge in [0.2, 0.25) is 5.78 Å². The second-order valence-electron chi connectivity index (χ2n) is 4.90. The van der Waals surface area contributed by atoms with Crippen molar-refractivity contribution in [1.29, 1.82) is 0 Å². The normalized spacial score (nSPS) is 31.4. The Bertz CT molecular complexity index is 478. The maximum Gasteiger partial charge on any atom is 0.210 e. The van der Waals surface area contributed by atoms with Crippen LogP contribution in [-0.4, -0.2) is 17.4 Å². The molecule has 0 aromatic heterocycles. The lowest BCUT2D eigenvalue weighted by Crippen LogP contribution is -2.46. The van der Waals surface area contributed by atoms with Crippen LogP contribution in [0.3, 0.4) is 0 Å². The molecule has 3 rings (SSSR count). The highest BCUT2D eigenvalue weighted by Crippen LogP contribution is 2.43. The van der Waals surface area contributed by atoms with E-state index in [1.807, 2.05) is 18.2 Å². The molecule has 1 aliphatic carbocycles. The molecule has 1 heterocycles. The van der Waals surface area contributed by atoms with E-state index in [1.54, 1.807) is 0 Å². The quantitative estimate of drug-likeness (QED) is 0.801. The van der Waals surface area contributed by atoms with Crippen molar-refractivity contribution in [3.8, 4) is 5.75 Å². The molecule has 1 aromatic rings. The molecule has 0 unspecified atom stereocenters. The first-order valence-corrected chi connectivity index (χ1v) is 6.69. The Morgan fingerprint density at radius 3 is 2.76 bits per heavy atom. The zero-order valence-electron chi connectivity index (χ0n) is 9.41. The molecular formula is C13H14BrNO2. The minimum atomic E-state index is -0.626. The Kier molecular flexibility index (Phi) is 2.52. The van der Waals surface area contributed by atoms with Crippen molar-refractivity contribution in [2.75, 3.05) is 0 Å². The zero-order valence-corrected chi connectivity index (χ0v) is 11.0. The van der Waals surface area contributed by atoms with E-state index < -0.39 is 5.60 Å². The monoisotopic (exact) mass is 295 g/mol. The number of ketones is 1. The number of benzene rings is 1. The lowest BCUT2D eigenvalue weighted by molar-refractivity contribution is 0.0365. The summed E-state index contributed by atoms with van der Waals surface area (Å²) < 4.78 is 6.84. The number of hydrogen-bond acceptors (Lipinski definition) is 3. The Balaban J connectivity index is 1.96. The number of hydrogen-bond donors (Lipinski definition) is 1. The van der Waals surface area contributed by atoms with Gasteiger partial charge in [0.15, 0.2) is 5.60 Å². The van der Waals surface area contributed by atoms with E-state index in [9.17, 15) is 4.79 Å². The summed E-state index contributed by atoms with van der Waals surface area (Å²) in [6.07, 6.45) is 3.19. The maximum atomic E-state index is 12.4. The fourth-order valence-electron chi connectivity index (χ4n) is 2.71. The van der Waals surface area contributed by atoms with Gasteiger partial charge in [0.05, 0.1) is 5.56 Å². The van der Waals surface area contributed by atoms with Crippen LogP contribution in [0.2, 0.25) is 0 Å². The molecule has 1 saturated carbocycles. The molecule has 0 bridgehead atoms. The minimum Gasteiger partial charge on any atom is -0.478 e. The largest absolute Gasteiger partial charge is 0.478 e. The smallest absolute Gasteiger partial charge is 0.210 e. The van der Waals surface area contributed by atoms with Crippen LogP contribution in [0.25, 0.3) is 0 Å². The van der Waals surface area contributed by atoms with Gasteiger partial charge in [-0.1, -0.05) is 15.9 Å². The molecule has 0 radical (unpaired) electrons. The second kappa shape index (κ2) is 3.82. The first-order valence-electron chi connectivity index (χ1n) is 5.90. The summed E-state index contributed by atoms with van der Waals surface area (Å²) in [6, 6.07) is 5.83. The number of halogens is 1. The number of ether oxygens (including phenoxy) is 1. The zero-order chi connectivity index (χ0) is 12.0. The van der Waals surface area contributed by atoms with E-state index in [1.165, 1.54) is 0 Å². The molecule has 1 fully saturated rings. The van der Waals surface area contributed by atoms with Gasteiger partial charge >= 0.3 is 0 Å². The molecule has 0 saturated heterocycles. The van der Waals surface area contributed by atoms with Crippen LogP contribution in [0.15, 0.2) is 22.7 Å². The van der Waals surface area contributed by atoms with Gasteiger partial charge in [-0.25, -0.2) is 0 Å². The van der Waals surface area contributed by atoms with Crippen molar-refractivity contribution in [3.63, 3.8) is 0 Å². The molecule has 2 aliphatic rings. The van der Waals surface area contributed by atoms with Gasteiger partial charge < -0.3 is 10.5 Å². The third-order valence-electron chi connectivity index (χ3n) is 3.74. The predicted octanol–water partition coefficient (Wildman–Crippen LogP) is 2.66. The second-order valence-corrected chi connectivity index (χ2v) is 5.82. The fraction of sp³-hybridized carbons (Fsp3) is 0.462. The van der Waals surface area contributed by atoms with Crippen molar-refractivity contribution < 1.29 is 9.53 Å². The van der Waals surface area contributed by atoms with E-state index in [-0.39, 0.29) is 11.8 Å². The molecule has 3 nitrogen and oxygen atoms in total. The number of fused-ring (bicyclic) bond motifs is 1. The average Bonchev–Trinajstić information content (AvgIpc) is 2.58. The molecule has 2 N–H and O–H groups in total. The highest BCUT2D eigenvalue weighted by atomic mass is 79.9. The highest BCUT2D eigenvalue weighted by Gasteiger charge is 2.49. The summed E-state index contributed by atoms with van der Waals surface area (Å²) in [5.41, 5.74) is 5.96.